The molecule has 1 atom stereocenters. The lowest BCUT2D eigenvalue weighted by atomic mass is 10.2. The third kappa shape index (κ3) is 4.93. The van der Waals surface area contributed by atoms with E-state index in [1.54, 1.807) is 18.2 Å². The Balaban J connectivity index is 2.69. The van der Waals surface area contributed by atoms with Gasteiger partial charge in [-0.25, -0.2) is 9.59 Å². The molecule has 0 heterocycles. The van der Waals surface area contributed by atoms with Crippen LogP contribution in [0.4, 0.5) is 10.5 Å². The predicted molar refractivity (Wildman–Crippen MR) is 78.9 cm³/mol. The average Bonchev–Trinajstić information content (AvgIpc) is 2.32. The Labute approximate surface area is 127 Å². The first-order valence-corrected chi connectivity index (χ1v) is 6.71. The van der Waals surface area contributed by atoms with E-state index in [1.165, 1.54) is 0 Å². The van der Waals surface area contributed by atoms with Gasteiger partial charge in [-0.2, -0.15) is 0 Å². The van der Waals surface area contributed by atoms with Gasteiger partial charge in [0.25, 0.3) is 0 Å². The van der Waals surface area contributed by atoms with Gasteiger partial charge in [-0.05, 0) is 34.1 Å². The predicted octanol–water partition coefficient (Wildman–Crippen LogP) is 2.81. The number of hydrogen-bond donors (Lipinski definition) is 3. The number of carbonyl (C=O) groups is 2. The van der Waals surface area contributed by atoms with Gasteiger partial charge in [0.05, 0.1) is 5.69 Å². The van der Waals surface area contributed by atoms with Crippen molar-refractivity contribution < 1.29 is 14.7 Å². The van der Waals surface area contributed by atoms with Gasteiger partial charge in [0, 0.05) is 15.4 Å². The summed E-state index contributed by atoms with van der Waals surface area (Å²) in [4.78, 5) is 22.5. The molecule has 1 aromatic carbocycles. The normalized spacial score (nSPS) is 11.2. The largest absolute Gasteiger partial charge is 0.480 e. The lowest BCUT2D eigenvalue weighted by Crippen LogP contribution is -2.42. The highest BCUT2D eigenvalue weighted by Gasteiger charge is 2.18. The molecule has 0 radical (unpaired) electrons. The molecule has 0 aliphatic heterocycles. The molecular formula is C12H10Br2N2O3. The zero-order chi connectivity index (χ0) is 14.4. The molecule has 1 rings (SSSR count). The second kappa shape index (κ2) is 7.16. The fraction of sp³-hybridized carbons (Fsp3) is 0.167. The fourth-order valence-electron chi connectivity index (χ4n) is 1.23. The van der Waals surface area contributed by atoms with Crippen LogP contribution < -0.4 is 10.6 Å². The molecule has 0 spiro atoms. The molecule has 7 heteroatoms. The molecule has 0 aliphatic rings. The van der Waals surface area contributed by atoms with Gasteiger partial charge in [0.15, 0.2) is 0 Å². The van der Waals surface area contributed by atoms with Crippen LogP contribution in [-0.2, 0) is 4.79 Å². The molecule has 3 N–H and O–H groups in total. The number of urea groups is 1. The summed E-state index contributed by atoms with van der Waals surface area (Å²) in [5.41, 5.74) is 0.519. The van der Waals surface area contributed by atoms with E-state index in [4.69, 9.17) is 11.5 Å². The lowest BCUT2D eigenvalue weighted by molar-refractivity contribution is -0.139. The average molecular weight is 390 g/mol. The summed E-state index contributed by atoms with van der Waals surface area (Å²) >= 11 is 6.56. The SMILES string of the molecule is C#CCC(NC(=O)Nc1ccc(Br)cc1Br)C(=O)O. The van der Waals surface area contributed by atoms with Gasteiger partial charge in [0.1, 0.15) is 6.04 Å². The zero-order valence-electron chi connectivity index (χ0n) is 9.61. The van der Waals surface area contributed by atoms with Crippen molar-refractivity contribution in [2.45, 2.75) is 12.5 Å². The summed E-state index contributed by atoms with van der Waals surface area (Å²) in [5.74, 6) is 1.02. The first-order valence-electron chi connectivity index (χ1n) is 5.13. The Kier molecular flexibility index (Phi) is 5.86. The van der Waals surface area contributed by atoms with Crippen molar-refractivity contribution in [2.24, 2.45) is 0 Å². The number of aliphatic carboxylic acids is 1. The van der Waals surface area contributed by atoms with Crippen molar-refractivity contribution in [3.63, 3.8) is 0 Å². The van der Waals surface area contributed by atoms with E-state index in [1.807, 2.05) is 0 Å². The number of halogens is 2. The molecule has 5 nitrogen and oxygen atoms in total. The van der Waals surface area contributed by atoms with Crippen LogP contribution in [0.2, 0.25) is 0 Å². The first-order chi connectivity index (χ1) is 8.93. The van der Waals surface area contributed by atoms with Crippen LogP contribution in [-0.4, -0.2) is 23.1 Å². The minimum atomic E-state index is -1.18. The van der Waals surface area contributed by atoms with Crippen molar-refractivity contribution in [1.82, 2.24) is 5.32 Å². The van der Waals surface area contributed by atoms with Gasteiger partial charge in [-0.3, -0.25) is 0 Å². The minimum Gasteiger partial charge on any atom is -0.480 e. The number of hydrogen-bond acceptors (Lipinski definition) is 2. The van der Waals surface area contributed by atoms with Crippen LogP contribution in [0.1, 0.15) is 6.42 Å². The topological polar surface area (TPSA) is 78.4 Å². The number of rotatable bonds is 4. The third-order valence-corrected chi connectivity index (χ3v) is 3.25. The highest BCUT2D eigenvalue weighted by atomic mass is 79.9. The van der Waals surface area contributed by atoms with E-state index in [2.05, 4.69) is 48.4 Å². The molecule has 19 heavy (non-hydrogen) atoms. The number of carboxylic acid groups (broad SMARTS) is 1. The van der Waals surface area contributed by atoms with E-state index < -0.39 is 18.0 Å². The van der Waals surface area contributed by atoms with Crippen molar-refractivity contribution in [2.75, 3.05) is 5.32 Å². The third-order valence-electron chi connectivity index (χ3n) is 2.10. The molecule has 1 unspecified atom stereocenters. The molecule has 0 saturated heterocycles. The number of carbonyl (C=O) groups excluding carboxylic acids is 1. The first kappa shape index (κ1) is 15.5. The molecule has 0 aliphatic carbocycles. The Morgan fingerprint density at radius 2 is 2.11 bits per heavy atom. The van der Waals surface area contributed by atoms with E-state index >= 15 is 0 Å². The molecular weight excluding hydrogens is 380 g/mol. The van der Waals surface area contributed by atoms with Crippen molar-refractivity contribution in [3.8, 4) is 12.3 Å². The van der Waals surface area contributed by atoms with Gasteiger partial charge < -0.3 is 15.7 Å². The number of amides is 2. The maximum absolute atomic E-state index is 11.7. The van der Waals surface area contributed by atoms with Crippen molar-refractivity contribution in [1.29, 1.82) is 0 Å². The van der Waals surface area contributed by atoms with Gasteiger partial charge in [0.2, 0.25) is 0 Å². The number of carboxylic acids is 1. The molecule has 2 amide bonds. The van der Waals surface area contributed by atoms with Gasteiger partial charge >= 0.3 is 12.0 Å². The number of anilines is 1. The number of nitrogens with one attached hydrogen (secondary N) is 2. The van der Waals surface area contributed by atoms with E-state index in [9.17, 15) is 9.59 Å². The summed E-state index contributed by atoms with van der Waals surface area (Å²) in [6.45, 7) is 0. The Hall–Kier alpha value is -1.52. The maximum atomic E-state index is 11.7. The fourth-order valence-corrected chi connectivity index (χ4v) is 2.37. The highest BCUT2D eigenvalue weighted by molar-refractivity contribution is 9.11. The molecule has 0 fully saturated rings. The number of benzene rings is 1. The van der Waals surface area contributed by atoms with Gasteiger partial charge in [-0.1, -0.05) is 15.9 Å². The Morgan fingerprint density at radius 1 is 1.42 bits per heavy atom. The highest BCUT2D eigenvalue weighted by Crippen LogP contribution is 2.25. The standard InChI is InChI=1S/C12H10Br2N2O3/c1-2-3-10(11(17)18)16-12(19)15-9-5-4-7(13)6-8(9)14/h1,4-6,10H,3H2,(H,17,18)(H2,15,16,19). The lowest BCUT2D eigenvalue weighted by Gasteiger charge is -2.13. The van der Waals surface area contributed by atoms with Crippen LogP contribution in [0.15, 0.2) is 27.1 Å². The van der Waals surface area contributed by atoms with Crippen molar-refractivity contribution in [3.05, 3.63) is 27.1 Å². The Morgan fingerprint density at radius 3 is 2.63 bits per heavy atom. The second-order valence-corrected chi connectivity index (χ2v) is 5.29. The summed E-state index contributed by atoms with van der Waals surface area (Å²) in [5, 5.41) is 13.7. The summed E-state index contributed by atoms with van der Waals surface area (Å²) in [6.07, 6.45) is 4.96. The molecule has 1 aromatic rings. The summed E-state index contributed by atoms with van der Waals surface area (Å²) in [6, 6.07) is 3.43. The minimum absolute atomic E-state index is 0.0791. The molecule has 0 saturated carbocycles. The maximum Gasteiger partial charge on any atom is 0.327 e. The van der Waals surface area contributed by atoms with Crippen LogP contribution in [0, 0.1) is 12.3 Å². The second-order valence-electron chi connectivity index (χ2n) is 3.52. The van der Waals surface area contributed by atoms with Gasteiger partial charge in [-0.15, -0.1) is 12.3 Å². The molecule has 0 aromatic heterocycles. The zero-order valence-corrected chi connectivity index (χ0v) is 12.8. The van der Waals surface area contributed by atoms with Crippen LogP contribution in [0.25, 0.3) is 0 Å². The van der Waals surface area contributed by atoms with Crippen LogP contribution in [0.3, 0.4) is 0 Å². The molecule has 0 bridgehead atoms. The van der Waals surface area contributed by atoms with E-state index in [-0.39, 0.29) is 6.42 Å². The van der Waals surface area contributed by atoms with Crippen molar-refractivity contribution >= 4 is 49.5 Å². The smallest absolute Gasteiger partial charge is 0.327 e. The Bertz CT molecular complexity index is 540. The number of terminal acetylenes is 1. The van der Waals surface area contributed by atoms with Crippen LogP contribution >= 0.6 is 31.9 Å². The summed E-state index contributed by atoms with van der Waals surface area (Å²) < 4.78 is 1.52. The van der Waals surface area contributed by atoms with E-state index in [0.717, 1.165) is 4.47 Å². The monoisotopic (exact) mass is 388 g/mol. The molecule has 100 valence electrons. The summed E-state index contributed by atoms with van der Waals surface area (Å²) in [7, 11) is 0. The van der Waals surface area contributed by atoms with E-state index in [0.29, 0.717) is 10.2 Å². The quantitative estimate of drug-likeness (QED) is 0.693. The van der Waals surface area contributed by atoms with Crippen LogP contribution in [0.5, 0.6) is 0 Å².